The first kappa shape index (κ1) is 37.9. The second kappa shape index (κ2) is 23.6. The van der Waals surface area contributed by atoms with Crippen molar-refractivity contribution in [2.24, 2.45) is 0 Å². The third kappa shape index (κ3) is 14.4. The maximum atomic E-state index is 13.3. The summed E-state index contributed by atoms with van der Waals surface area (Å²) < 4.78 is 0. The summed E-state index contributed by atoms with van der Waals surface area (Å²) in [5, 5.41) is 33.0. The number of hydrogen-bond acceptors (Lipinski definition) is 6. The highest BCUT2D eigenvalue weighted by Gasteiger charge is 2.62. The van der Waals surface area contributed by atoms with Crippen LogP contribution in [0.1, 0.15) is 175 Å². The number of carbonyl (C=O) groups is 3. The van der Waals surface area contributed by atoms with Crippen LogP contribution >= 0.6 is 0 Å². The van der Waals surface area contributed by atoms with Crippen LogP contribution in [0.2, 0.25) is 0 Å². The van der Waals surface area contributed by atoms with Crippen LogP contribution in [0.4, 0.5) is 0 Å². The van der Waals surface area contributed by atoms with Crippen molar-refractivity contribution in [1.82, 2.24) is 0 Å². The fraction of sp³-hybridized carbons (Fsp3) is 0.909. The largest absolute Gasteiger partial charge is 0.393 e. The minimum Gasteiger partial charge on any atom is -0.393 e. The Balaban J connectivity index is 5.29. The Bertz CT molecular complexity index is 616. The fourth-order valence-corrected chi connectivity index (χ4v) is 5.32. The number of carbonyl (C=O) groups excluding carboxylic acids is 3. The summed E-state index contributed by atoms with van der Waals surface area (Å²) in [5.74, 6) is -2.50. The molecule has 0 rings (SSSR count). The second-order valence-electron chi connectivity index (χ2n) is 11.6. The molecule has 1 atom stereocenters. The Labute approximate surface area is 239 Å². The van der Waals surface area contributed by atoms with E-state index in [1.807, 2.05) is 0 Å². The fourth-order valence-electron chi connectivity index (χ4n) is 5.32. The molecule has 0 radical (unpaired) electrons. The Kier molecular flexibility index (Phi) is 22.9. The van der Waals surface area contributed by atoms with Crippen molar-refractivity contribution in [2.75, 3.05) is 6.61 Å². The molecule has 0 aromatic rings. The summed E-state index contributed by atoms with van der Waals surface area (Å²) >= 11 is 0. The van der Waals surface area contributed by atoms with Gasteiger partial charge in [-0.2, -0.15) is 0 Å². The lowest BCUT2D eigenvalue weighted by atomic mass is 9.71. The normalized spacial score (nSPS) is 13.4. The number of rotatable bonds is 29. The van der Waals surface area contributed by atoms with E-state index in [-0.39, 0.29) is 19.3 Å². The van der Waals surface area contributed by atoms with Crippen molar-refractivity contribution >= 4 is 17.3 Å². The summed E-state index contributed by atoms with van der Waals surface area (Å²) in [4.78, 5) is 39.8. The summed E-state index contributed by atoms with van der Waals surface area (Å²) in [5.41, 5.74) is -5.70. The van der Waals surface area contributed by atoms with Gasteiger partial charge in [0.15, 0.2) is 23.0 Å². The van der Waals surface area contributed by atoms with Crippen molar-refractivity contribution in [1.29, 1.82) is 0 Å². The molecule has 6 nitrogen and oxygen atoms in total. The Morgan fingerprint density at radius 1 is 0.436 bits per heavy atom. The standard InChI is InChI=1S/C33H62O6/c1-4-7-10-13-16-19-22-25-29(35)32(38,28-34)33(39,30(36)26-23-20-17-14-11-8-5-2)31(37)27-24-21-18-15-12-9-6-3/h34,38-39H,4-28H2,1-3H3. The highest BCUT2D eigenvalue weighted by Crippen LogP contribution is 2.32. The summed E-state index contributed by atoms with van der Waals surface area (Å²) in [6, 6.07) is 0. The molecule has 3 N–H and O–H groups in total. The van der Waals surface area contributed by atoms with E-state index in [9.17, 15) is 29.7 Å². The molecule has 0 aliphatic rings. The lowest BCUT2D eigenvalue weighted by molar-refractivity contribution is -0.194. The van der Waals surface area contributed by atoms with E-state index in [0.717, 1.165) is 96.3 Å². The first-order valence-corrected chi connectivity index (χ1v) is 16.4. The average Bonchev–Trinajstić information content (AvgIpc) is 2.94. The van der Waals surface area contributed by atoms with Crippen LogP contribution in [0.15, 0.2) is 0 Å². The van der Waals surface area contributed by atoms with Crippen molar-refractivity contribution in [3.8, 4) is 0 Å². The van der Waals surface area contributed by atoms with Gasteiger partial charge < -0.3 is 15.3 Å². The van der Waals surface area contributed by atoms with Gasteiger partial charge in [-0.15, -0.1) is 0 Å². The predicted molar refractivity (Wildman–Crippen MR) is 160 cm³/mol. The van der Waals surface area contributed by atoms with E-state index in [2.05, 4.69) is 20.8 Å². The molecular formula is C33H62O6. The molecule has 0 aromatic heterocycles. The molecule has 39 heavy (non-hydrogen) atoms. The molecular weight excluding hydrogens is 492 g/mol. The number of hydrogen-bond donors (Lipinski definition) is 3. The summed E-state index contributed by atoms with van der Waals surface area (Å²) in [6.45, 7) is 5.31. The molecule has 0 bridgehead atoms. The quantitative estimate of drug-likeness (QED) is 0.0649. The van der Waals surface area contributed by atoms with Crippen LogP contribution in [0.25, 0.3) is 0 Å². The molecule has 1 unspecified atom stereocenters. The van der Waals surface area contributed by atoms with E-state index in [1.54, 1.807) is 0 Å². The highest BCUT2D eigenvalue weighted by atomic mass is 16.4. The van der Waals surface area contributed by atoms with E-state index in [1.165, 1.54) is 19.3 Å². The lowest BCUT2D eigenvalue weighted by Crippen LogP contribution is -2.69. The first-order valence-electron chi connectivity index (χ1n) is 16.4. The molecule has 0 aliphatic heterocycles. The van der Waals surface area contributed by atoms with Gasteiger partial charge in [-0.25, -0.2) is 0 Å². The smallest absolute Gasteiger partial charge is 0.219 e. The SMILES string of the molecule is CCCCCCCCCC(=O)C(O)(CO)C(O)(C(=O)CCCCCCCCC)C(=O)CCCCCCCCC. The van der Waals surface area contributed by atoms with Crippen LogP contribution in [0.5, 0.6) is 0 Å². The van der Waals surface area contributed by atoms with Crippen LogP contribution in [0, 0.1) is 0 Å². The second-order valence-corrected chi connectivity index (χ2v) is 11.6. The van der Waals surface area contributed by atoms with Crippen molar-refractivity contribution in [2.45, 2.75) is 186 Å². The zero-order chi connectivity index (χ0) is 29.4. The van der Waals surface area contributed by atoms with E-state index < -0.39 is 35.2 Å². The zero-order valence-corrected chi connectivity index (χ0v) is 25.7. The lowest BCUT2D eigenvalue weighted by Gasteiger charge is -2.39. The Morgan fingerprint density at radius 3 is 0.974 bits per heavy atom. The third-order valence-electron chi connectivity index (χ3n) is 8.12. The number of Topliss-reactive ketones (excluding diaryl/α,β-unsaturated/α-hetero) is 3. The number of ketones is 3. The topological polar surface area (TPSA) is 112 Å². The van der Waals surface area contributed by atoms with E-state index in [0.29, 0.717) is 19.3 Å². The van der Waals surface area contributed by atoms with Crippen molar-refractivity contribution in [3.05, 3.63) is 0 Å². The van der Waals surface area contributed by atoms with Gasteiger partial charge in [-0.3, -0.25) is 14.4 Å². The van der Waals surface area contributed by atoms with Gasteiger partial charge in [-0.05, 0) is 19.3 Å². The van der Waals surface area contributed by atoms with Gasteiger partial charge >= 0.3 is 0 Å². The van der Waals surface area contributed by atoms with Crippen molar-refractivity contribution in [3.63, 3.8) is 0 Å². The van der Waals surface area contributed by atoms with E-state index >= 15 is 0 Å². The molecule has 0 heterocycles. The maximum Gasteiger partial charge on any atom is 0.219 e. The van der Waals surface area contributed by atoms with Crippen LogP contribution < -0.4 is 0 Å². The van der Waals surface area contributed by atoms with Gasteiger partial charge in [0.25, 0.3) is 0 Å². The average molecular weight is 555 g/mol. The van der Waals surface area contributed by atoms with Crippen LogP contribution in [0.3, 0.4) is 0 Å². The molecule has 230 valence electrons. The summed E-state index contributed by atoms with van der Waals surface area (Å²) in [6.07, 6.45) is 20.0. The predicted octanol–water partition coefficient (Wildman–Crippen LogP) is 7.57. The maximum absolute atomic E-state index is 13.3. The molecule has 0 aromatic carbocycles. The first-order chi connectivity index (χ1) is 18.8. The number of unbranched alkanes of at least 4 members (excludes halogenated alkanes) is 18. The molecule has 0 spiro atoms. The van der Waals surface area contributed by atoms with Gasteiger partial charge in [0, 0.05) is 19.3 Å². The minimum atomic E-state index is -2.90. The molecule has 0 saturated carbocycles. The van der Waals surface area contributed by atoms with Gasteiger partial charge in [-0.1, -0.05) is 136 Å². The molecule has 0 saturated heterocycles. The summed E-state index contributed by atoms with van der Waals surface area (Å²) in [7, 11) is 0. The number of aliphatic hydroxyl groups excluding tert-OH is 1. The van der Waals surface area contributed by atoms with Gasteiger partial charge in [0.1, 0.15) is 0 Å². The van der Waals surface area contributed by atoms with Crippen LogP contribution in [-0.4, -0.2) is 50.5 Å². The van der Waals surface area contributed by atoms with E-state index in [4.69, 9.17) is 0 Å². The monoisotopic (exact) mass is 554 g/mol. The zero-order valence-electron chi connectivity index (χ0n) is 25.7. The molecule has 6 heteroatoms. The molecule has 0 aliphatic carbocycles. The third-order valence-corrected chi connectivity index (χ3v) is 8.12. The Morgan fingerprint density at radius 2 is 0.692 bits per heavy atom. The molecule has 0 amide bonds. The van der Waals surface area contributed by atoms with Gasteiger partial charge in [0.05, 0.1) is 6.61 Å². The number of aliphatic hydroxyl groups is 3. The van der Waals surface area contributed by atoms with Crippen molar-refractivity contribution < 1.29 is 29.7 Å². The molecule has 0 fully saturated rings. The van der Waals surface area contributed by atoms with Crippen LogP contribution in [-0.2, 0) is 14.4 Å². The van der Waals surface area contributed by atoms with Gasteiger partial charge in [0.2, 0.25) is 5.60 Å². The minimum absolute atomic E-state index is 0.0808. The Hall–Kier alpha value is -1.11. The highest BCUT2D eigenvalue weighted by molar-refractivity contribution is 6.16.